The normalized spacial score (nSPS) is 25.2. The Bertz CT molecular complexity index is 469. The van der Waals surface area contributed by atoms with Crippen molar-refractivity contribution in [2.24, 2.45) is 5.92 Å². The molecule has 0 bridgehead atoms. The van der Waals surface area contributed by atoms with Crippen LogP contribution in [0, 0.1) is 5.92 Å². The maximum atomic E-state index is 12.3. The van der Waals surface area contributed by atoms with Crippen molar-refractivity contribution in [3.8, 4) is 0 Å². The van der Waals surface area contributed by atoms with Gasteiger partial charge in [-0.25, -0.2) is 0 Å². The first-order valence-electron chi connectivity index (χ1n) is 7.52. The molecule has 2 N–H and O–H groups in total. The SMILES string of the molecule is O=C(NCCC1CCNC1)C1OCCc2ccccc21. The fourth-order valence-electron chi connectivity index (χ4n) is 3.06. The predicted molar refractivity (Wildman–Crippen MR) is 77.4 cm³/mol. The van der Waals surface area contributed by atoms with Gasteiger partial charge in [0.1, 0.15) is 0 Å². The van der Waals surface area contributed by atoms with Crippen molar-refractivity contribution in [2.75, 3.05) is 26.2 Å². The topological polar surface area (TPSA) is 50.4 Å². The highest BCUT2D eigenvalue weighted by Crippen LogP contribution is 2.26. The summed E-state index contributed by atoms with van der Waals surface area (Å²) in [6, 6.07) is 8.08. The van der Waals surface area contributed by atoms with Gasteiger partial charge in [-0.1, -0.05) is 24.3 Å². The summed E-state index contributed by atoms with van der Waals surface area (Å²) in [5.41, 5.74) is 2.26. The highest BCUT2D eigenvalue weighted by Gasteiger charge is 2.27. The number of hydrogen-bond acceptors (Lipinski definition) is 3. The summed E-state index contributed by atoms with van der Waals surface area (Å²) in [5, 5.41) is 6.38. The van der Waals surface area contributed by atoms with Gasteiger partial charge in [0, 0.05) is 6.54 Å². The van der Waals surface area contributed by atoms with Crippen LogP contribution in [0.5, 0.6) is 0 Å². The molecule has 4 heteroatoms. The van der Waals surface area contributed by atoms with Crippen molar-refractivity contribution in [3.05, 3.63) is 35.4 Å². The molecule has 2 unspecified atom stereocenters. The monoisotopic (exact) mass is 274 g/mol. The van der Waals surface area contributed by atoms with Crippen LogP contribution in [-0.2, 0) is 16.0 Å². The third-order valence-corrected chi connectivity index (χ3v) is 4.25. The molecule has 0 aliphatic carbocycles. The molecular formula is C16H22N2O2. The van der Waals surface area contributed by atoms with E-state index in [2.05, 4.69) is 16.7 Å². The average molecular weight is 274 g/mol. The quantitative estimate of drug-likeness (QED) is 0.873. The molecule has 0 aromatic heterocycles. The number of amides is 1. The third-order valence-electron chi connectivity index (χ3n) is 4.25. The average Bonchev–Trinajstić information content (AvgIpc) is 3.00. The number of fused-ring (bicyclic) bond motifs is 1. The van der Waals surface area contributed by atoms with Crippen LogP contribution in [0.4, 0.5) is 0 Å². The minimum Gasteiger partial charge on any atom is -0.363 e. The number of benzene rings is 1. The Morgan fingerprint density at radius 2 is 2.30 bits per heavy atom. The van der Waals surface area contributed by atoms with Gasteiger partial charge in [0.15, 0.2) is 6.10 Å². The van der Waals surface area contributed by atoms with Gasteiger partial charge in [0.25, 0.3) is 5.91 Å². The van der Waals surface area contributed by atoms with Gasteiger partial charge < -0.3 is 15.4 Å². The third kappa shape index (κ3) is 3.02. The van der Waals surface area contributed by atoms with E-state index in [1.54, 1.807) is 0 Å². The summed E-state index contributed by atoms with van der Waals surface area (Å²) in [6.07, 6.45) is 2.74. The lowest BCUT2D eigenvalue weighted by molar-refractivity contribution is -0.134. The van der Waals surface area contributed by atoms with Crippen molar-refractivity contribution in [1.82, 2.24) is 10.6 Å². The summed E-state index contributed by atoms with van der Waals surface area (Å²) in [7, 11) is 0. The van der Waals surface area contributed by atoms with Gasteiger partial charge in [0.2, 0.25) is 0 Å². The molecule has 0 radical (unpaired) electrons. The van der Waals surface area contributed by atoms with Gasteiger partial charge in [0.05, 0.1) is 6.61 Å². The molecule has 2 aliphatic heterocycles. The van der Waals surface area contributed by atoms with Crippen LogP contribution < -0.4 is 10.6 Å². The maximum Gasteiger partial charge on any atom is 0.253 e. The van der Waals surface area contributed by atoms with Crippen molar-refractivity contribution < 1.29 is 9.53 Å². The van der Waals surface area contributed by atoms with E-state index in [0.29, 0.717) is 12.5 Å². The lowest BCUT2D eigenvalue weighted by Crippen LogP contribution is -2.35. The largest absolute Gasteiger partial charge is 0.363 e. The molecule has 1 aromatic rings. The summed E-state index contributed by atoms with van der Waals surface area (Å²) < 4.78 is 5.66. The summed E-state index contributed by atoms with van der Waals surface area (Å²) in [5.74, 6) is 0.706. The molecule has 0 saturated carbocycles. The van der Waals surface area contributed by atoms with Crippen molar-refractivity contribution >= 4 is 5.91 Å². The van der Waals surface area contributed by atoms with E-state index >= 15 is 0 Å². The molecule has 1 saturated heterocycles. The van der Waals surface area contributed by atoms with E-state index in [1.165, 1.54) is 12.0 Å². The van der Waals surface area contributed by atoms with Crippen molar-refractivity contribution in [1.29, 1.82) is 0 Å². The van der Waals surface area contributed by atoms with Crippen molar-refractivity contribution in [3.63, 3.8) is 0 Å². The number of carbonyl (C=O) groups excluding carboxylic acids is 1. The summed E-state index contributed by atoms with van der Waals surface area (Å²) in [6.45, 7) is 3.56. The molecule has 4 nitrogen and oxygen atoms in total. The van der Waals surface area contributed by atoms with E-state index in [0.717, 1.165) is 38.0 Å². The van der Waals surface area contributed by atoms with E-state index in [-0.39, 0.29) is 5.91 Å². The number of ether oxygens (including phenoxy) is 1. The lowest BCUT2D eigenvalue weighted by atomic mass is 9.97. The van der Waals surface area contributed by atoms with Gasteiger partial charge >= 0.3 is 0 Å². The second-order valence-corrected chi connectivity index (χ2v) is 5.64. The van der Waals surface area contributed by atoms with Crippen LogP contribution in [-0.4, -0.2) is 32.1 Å². The van der Waals surface area contributed by atoms with Gasteiger partial charge in [-0.05, 0) is 49.4 Å². The maximum absolute atomic E-state index is 12.3. The molecule has 2 heterocycles. The van der Waals surface area contributed by atoms with Gasteiger partial charge in [-0.2, -0.15) is 0 Å². The minimum atomic E-state index is -0.429. The zero-order valence-corrected chi connectivity index (χ0v) is 11.7. The zero-order chi connectivity index (χ0) is 13.8. The first kappa shape index (κ1) is 13.6. The molecule has 2 atom stereocenters. The summed E-state index contributed by atoms with van der Waals surface area (Å²) >= 11 is 0. The van der Waals surface area contributed by atoms with Crippen LogP contribution in [0.2, 0.25) is 0 Å². The van der Waals surface area contributed by atoms with E-state index in [1.807, 2.05) is 18.2 Å². The highest BCUT2D eigenvalue weighted by atomic mass is 16.5. The van der Waals surface area contributed by atoms with Crippen LogP contribution in [0.25, 0.3) is 0 Å². The number of rotatable bonds is 4. The Kier molecular flexibility index (Phi) is 4.33. The Morgan fingerprint density at radius 3 is 3.15 bits per heavy atom. The van der Waals surface area contributed by atoms with Crippen LogP contribution in [0.15, 0.2) is 24.3 Å². The molecule has 1 amide bonds. The van der Waals surface area contributed by atoms with Crippen molar-refractivity contribution in [2.45, 2.75) is 25.4 Å². The first-order valence-corrected chi connectivity index (χ1v) is 7.52. The smallest absolute Gasteiger partial charge is 0.253 e. The zero-order valence-electron chi connectivity index (χ0n) is 11.7. The van der Waals surface area contributed by atoms with E-state index < -0.39 is 6.10 Å². The minimum absolute atomic E-state index is 0.00288. The van der Waals surface area contributed by atoms with E-state index in [4.69, 9.17) is 4.74 Å². The molecule has 20 heavy (non-hydrogen) atoms. The molecule has 2 aliphatic rings. The summed E-state index contributed by atoms with van der Waals surface area (Å²) in [4.78, 5) is 12.3. The second-order valence-electron chi connectivity index (χ2n) is 5.64. The lowest BCUT2D eigenvalue weighted by Gasteiger charge is -2.25. The van der Waals surface area contributed by atoms with Gasteiger partial charge in [-0.3, -0.25) is 4.79 Å². The van der Waals surface area contributed by atoms with Crippen LogP contribution in [0.3, 0.4) is 0 Å². The second kappa shape index (κ2) is 6.37. The predicted octanol–water partition coefficient (Wildman–Crippen LogP) is 1.42. The highest BCUT2D eigenvalue weighted by molar-refractivity contribution is 5.82. The Labute approximate surface area is 119 Å². The molecular weight excluding hydrogens is 252 g/mol. The Balaban J connectivity index is 1.55. The number of carbonyl (C=O) groups is 1. The Hall–Kier alpha value is -1.39. The molecule has 3 rings (SSSR count). The first-order chi connectivity index (χ1) is 9.84. The van der Waals surface area contributed by atoms with Gasteiger partial charge in [-0.15, -0.1) is 0 Å². The molecule has 1 aromatic carbocycles. The van der Waals surface area contributed by atoms with Crippen LogP contribution in [0.1, 0.15) is 30.1 Å². The standard InChI is InChI=1S/C16H22N2O2/c19-16(18-9-6-12-5-8-17-11-12)15-14-4-2-1-3-13(14)7-10-20-15/h1-4,12,15,17H,5-11H2,(H,18,19). The fourth-order valence-corrected chi connectivity index (χ4v) is 3.06. The molecule has 1 fully saturated rings. The molecule has 108 valence electrons. The van der Waals surface area contributed by atoms with Crippen LogP contribution >= 0.6 is 0 Å². The van der Waals surface area contributed by atoms with E-state index in [9.17, 15) is 4.79 Å². The number of nitrogens with one attached hydrogen (secondary N) is 2. The Morgan fingerprint density at radius 1 is 1.40 bits per heavy atom. The fraction of sp³-hybridized carbons (Fsp3) is 0.562. The number of hydrogen-bond donors (Lipinski definition) is 2. The molecule has 0 spiro atoms.